The summed E-state index contributed by atoms with van der Waals surface area (Å²) in [6.45, 7) is 6.34. The van der Waals surface area contributed by atoms with E-state index in [2.05, 4.69) is 31.2 Å². The van der Waals surface area contributed by atoms with Crippen molar-refractivity contribution in [2.75, 3.05) is 6.54 Å². The van der Waals surface area contributed by atoms with Crippen molar-refractivity contribution in [3.63, 3.8) is 0 Å². The van der Waals surface area contributed by atoms with Crippen molar-refractivity contribution in [1.29, 1.82) is 0 Å². The number of hydrogen-bond acceptors (Lipinski definition) is 2. The Bertz CT molecular complexity index is 339. The molecule has 1 aromatic rings. The summed E-state index contributed by atoms with van der Waals surface area (Å²) in [4.78, 5) is 0. The first kappa shape index (κ1) is 13.1. The predicted molar refractivity (Wildman–Crippen MR) is 59.6 cm³/mol. The van der Waals surface area contributed by atoms with Gasteiger partial charge in [-0.05, 0) is 0 Å². The van der Waals surface area contributed by atoms with Crippen LogP contribution in [0.15, 0.2) is 6.20 Å². The molecule has 0 amide bonds. The van der Waals surface area contributed by atoms with Gasteiger partial charge in [0.25, 0.3) is 6.43 Å². The lowest BCUT2D eigenvalue weighted by molar-refractivity contribution is 0.145. The molecule has 0 aliphatic rings. The first-order chi connectivity index (χ1) is 7.30. The normalized spacial score (nSPS) is 12.4. The standard InChI is InChI=1S/C11H19F2N3/c1-11(2,3)10-8(7-16(4)15-10)5-14-6-9(12)13/h7,9,14H,5-6H2,1-4H3. The zero-order valence-corrected chi connectivity index (χ0v) is 10.2. The monoisotopic (exact) mass is 231 g/mol. The maximum atomic E-state index is 12.0. The molecule has 1 N–H and O–H groups in total. The summed E-state index contributed by atoms with van der Waals surface area (Å²) in [5.74, 6) is 0. The summed E-state index contributed by atoms with van der Waals surface area (Å²) >= 11 is 0. The van der Waals surface area contributed by atoms with Gasteiger partial charge in [-0.15, -0.1) is 0 Å². The van der Waals surface area contributed by atoms with Crippen molar-refractivity contribution in [2.24, 2.45) is 7.05 Å². The van der Waals surface area contributed by atoms with E-state index in [-0.39, 0.29) is 12.0 Å². The van der Waals surface area contributed by atoms with Gasteiger partial charge in [0.1, 0.15) is 0 Å². The van der Waals surface area contributed by atoms with E-state index in [1.807, 2.05) is 13.2 Å². The molecule has 1 aromatic heterocycles. The molecule has 0 aromatic carbocycles. The number of aryl methyl sites for hydroxylation is 1. The van der Waals surface area contributed by atoms with Gasteiger partial charge in [0, 0.05) is 30.8 Å². The number of halogens is 2. The Morgan fingerprint density at radius 1 is 1.44 bits per heavy atom. The molecule has 0 radical (unpaired) electrons. The van der Waals surface area contributed by atoms with E-state index in [4.69, 9.17) is 0 Å². The highest BCUT2D eigenvalue weighted by Gasteiger charge is 2.21. The third kappa shape index (κ3) is 3.56. The quantitative estimate of drug-likeness (QED) is 0.859. The lowest BCUT2D eigenvalue weighted by Gasteiger charge is -2.17. The summed E-state index contributed by atoms with van der Waals surface area (Å²) in [6, 6.07) is 0. The van der Waals surface area contributed by atoms with Gasteiger partial charge in [-0.25, -0.2) is 8.78 Å². The van der Waals surface area contributed by atoms with E-state index < -0.39 is 6.43 Å². The van der Waals surface area contributed by atoms with Crippen molar-refractivity contribution in [2.45, 2.75) is 39.2 Å². The number of hydrogen-bond donors (Lipinski definition) is 1. The van der Waals surface area contributed by atoms with Crippen molar-refractivity contribution in [3.8, 4) is 0 Å². The minimum absolute atomic E-state index is 0.0664. The molecule has 92 valence electrons. The van der Waals surface area contributed by atoms with E-state index in [9.17, 15) is 8.78 Å². The van der Waals surface area contributed by atoms with Crippen LogP contribution in [0.3, 0.4) is 0 Å². The van der Waals surface area contributed by atoms with Crippen LogP contribution in [0.2, 0.25) is 0 Å². The Hall–Kier alpha value is -0.970. The SMILES string of the molecule is Cn1cc(CNCC(F)F)c(C(C)(C)C)n1. The van der Waals surface area contributed by atoms with E-state index in [1.165, 1.54) is 0 Å². The third-order valence-corrected chi connectivity index (χ3v) is 2.23. The second-order valence-corrected chi connectivity index (χ2v) is 4.95. The molecular weight excluding hydrogens is 212 g/mol. The molecule has 1 heterocycles. The molecule has 0 unspecified atom stereocenters. The van der Waals surface area contributed by atoms with Crippen LogP contribution in [0.1, 0.15) is 32.0 Å². The first-order valence-electron chi connectivity index (χ1n) is 5.32. The van der Waals surface area contributed by atoms with Gasteiger partial charge in [-0.3, -0.25) is 4.68 Å². The zero-order chi connectivity index (χ0) is 12.3. The summed E-state index contributed by atoms with van der Waals surface area (Å²) in [5, 5.41) is 7.09. The smallest absolute Gasteiger partial charge is 0.250 e. The van der Waals surface area contributed by atoms with E-state index in [1.54, 1.807) is 4.68 Å². The van der Waals surface area contributed by atoms with Crippen LogP contribution in [0.4, 0.5) is 8.78 Å². The largest absolute Gasteiger partial charge is 0.307 e. The summed E-state index contributed by atoms with van der Waals surface area (Å²) in [7, 11) is 1.84. The zero-order valence-electron chi connectivity index (χ0n) is 10.2. The molecule has 0 atom stereocenters. The minimum Gasteiger partial charge on any atom is -0.307 e. The molecule has 5 heteroatoms. The van der Waals surface area contributed by atoms with E-state index >= 15 is 0 Å². The van der Waals surface area contributed by atoms with Crippen LogP contribution in [-0.2, 0) is 19.0 Å². The van der Waals surface area contributed by atoms with Gasteiger partial charge in [-0.1, -0.05) is 20.8 Å². The molecule has 0 bridgehead atoms. The minimum atomic E-state index is -2.31. The number of aromatic nitrogens is 2. The van der Waals surface area contributed by atoms with E-state index in [0.717, 1.165) is 11.3 Å². The summed E-state index contributed by atoms with van der Waals surface area (Å²) in [6.07, 6.45) is -0.436. The summed E-state index contributed by atoms with van der Waals surface area (Å²) < 4.78 is 25.7. The van der Waals surface area contributed by atoms with Crippen LogP contribution in [-0.4, -0.2) is 22.8 Å². The van der Waals surface area contributed by atoms with Crippen molar-refractivity contribution in [3.05, 3.63) is 17.5 Å². The van der Waals surface area contributed by atoms with Crippen LogP contribution < -0.4 is 5.32 Å². The van der Waals surface area contributed by atoms with Crippen LogP contribution in [0.25, 0.3) is 0 Å². The number of alkyl halides is 2. The Morgan fingerprint density at radius 2 is 2.06 bits per heavy atom. The molecule has 3 nitrogen and oxygen atoms in total. The second-order valence-electron chi connectivity index (χ2n) is 4.95. The fourth-order valence-electron chi connectivity index (χ4n) is 1.61. The van der Waals surface area contributed by atoms with E-state index in [0.29, 0.717) is 6.54 Å². The van der Waals surface area contributed by atoms with Crippen LogP contribution in [0, 0.1) is 0 Å². The number of nitrogens with zero attached hydrogens (tertiary/aromatic N) is 2. The molecule has 0 spiro atoms. The summed E-state index contributed by atoms with van der Waals surface area (Å²) in [5.41, 5.74) is 1.87. The molecule has 0 fully saturated rings. The van der Waals surface area contributed by atoms with Gasteiger partial charge >= 0.3 is 0 Å². The Morgan fingerprint density at radius 3 is 2.56 bits per heavy atom. The van der Waals surface area contributed by atoms with Gasteiger partial charge in [-0.2, -0.15) is 5.10 Å². The molecule has 1 rings (SSSR count). The van der Waals surface area contributed by atoms with Crippen molar-refractivity contribution in [1.82, 2.24) is 15.1 Å². The highest BCUT2D eigenvalue weighted by molar-refractivity contribution is 5.23. The van der Waals surface area contributed by atoms with Crippen molar-refractivity contribution < 1.29 is 8.78 Å². The third-order valence-electron chi connectivity index (χ3n) is 2.23. The Balaban J connectivity index is 2.72. The highest BCUT2D eigenvalue weighted by Crippen LogP contribution is 2.23. The molecular formula is C11H19F2N3. The van der Waals surface area contributed by atoms with Gasteiger partial charge in [0.15, 0.2) is 0 Å². The fourth-order valence-corrected chi connectivity index (χ4v) is 1.61. The Labute approximate surface area is 94.8 Å². The lowest BCUT2D eigenvalue weighted by Crippen LogP contribution is -2.23. The number of rotatable bonds is 4. The average Bonchev–Trinajstić information content (AvgIpc) is 2.45. The topological polar surface area (TPSA) is 29.9 Å². The first-order valence-corrected chi connectivity index (χ1v) is 5.32. The Kier molecular flexibility index (Phi) is 4.02. The van der Waals surface area contributed by atoms with Gasteiger partial charge < -0.3 is 5.32 Å². The molecule has 0 aliphatic carbocycles. The van der Waals surface area contributed by atoms with Gasteiger partial charge in [0.2, 0.25) is 0 Å². The van der Waals surface area contributed by atoms with Crippen LogP contribution >= 0.6 is 0 Å². The average molecular weight is 231 g/mol. The molecule has 16 heavy (non-hydrogen) atoms. The van der Waals surface area contributed by atoms with Gasteiger partial charge in [0.05, 0.1) is 12.2 Å². The number of nitrogens with one attached hydrogen (secondary N) is 1. The molecule has 0 saturated carbocycles. The fraction of sp³-hybridized carbons (Fsp3) is 0.727. The predicted octanol–water partition coefficient (Wildman–Crippen LogP) is 2.07. The van der Waals surface area contributed by atoms with Crippen molar-refractivity contribution >= 4 is 0 Å². The maximum absolute atomic E-state index is 12.0. The highest BCUT2D eigenvalue weighted by atomic mass is 19.3. The second kappa shape index (κ2) is 4.91. The maximum Gasteiger partial charge on any atom is 0.250 e. The lowest BCUT2D eigenvalue weighted by atomic mass is 9.89. The molecule has 0 aliphatic heterocycles. The van der Waals surface area contributed by atoms with Crippen LogP contribution in [0.5, 0.6) is 0 Å². The molecule has 0 saturated heterocycles.